The van der Waals surface area contributed by atoms with Crippen molar-refractivity contribution >= 4 is 35.3 Å². The Morgan fingerprint density at radius 1 is 1.12 bits per heavy atom. The first-order valence-electron chi connectivity index (χ1n) is 8.30. The maximum absolute atomic E-state index is 11.9. The highest BCUT2D eigenvalue weighted by atomic mass is 35.5. The summed E-state index contributed by atoms with van der Waals surface area (Å²) in [5.41, 5.74) is 2.49. The van der Waals surface area contributed by atoms with Gasteiger partial charge in [0.05, 0.1) is 0 Å². The van der Waals surface area contributed by atoms with Crippen LogP contribution in [0.5, 0.6) is 0 Å². The minimum Gasteiger partial charge on any atom is -0.348 e. The van der Waals surface area contributed by atoms with Crippen molar-refractivity contribution in [3.63, 3.8) is 0 Å². The first-order valence-corrected chi connectivity index (χ1v) is 8.68. The molecule has 2 rings (SSSR count). The summed E-state index contributed by atoms with van der Waals surface area (Å²) in [6, 6.07) is 14.4. The Morgan fingerprint density at radius 2 is 1.85 bits per heavy atom. The van der Waals surface area contributed by atoms with E-state index in [-0.39, 0.29) is 18.0 Å². The molecule has 0 spiro atoms. The second-order valence-electron chi connectivity index (χ2n) is 6.06. The second kappa shape index (κ2) is 9.63. The first-order chi connectivity index (χ1) is 12.4. The van der Waals surface area contributed by atoms with Crippen LogP contribution in [-0.4, -0.2) is 18.0 Å². The van der Waals surface area contributed by atoms with Crippen molar-refractivity contribution in [1.82, 2.24) is 10.6 Å². The van der Waals surface area contributed by atoms with Gasteiger partial charge in [-0.2, -0.15) is 0 Å². The third kappa shape index (κ3) is 6.99. The molecule has 0 bridgehead atoms. The topological polar surface area (TPSA) is 70.2 Å². The average Bonchev–Trinajstić information content (AvgIpc) is 2.58. The molecule has 0 saturated heterocycles. The van der Waals surface area contributed by atoms with E-state index in [0.717, 1.165) is 11.1 Å². The lowest BCUT2D eigenvalue weighted by atomic mass is 10.2. The lowest BCUT2D eigenvalue weighted by Crippen LogP contribution is -2.34. The minimum absolute atomic E-state index is 0.0736. The van der Waals surface area contributed by atoms with E-state index >= 15 is 0 Å². The molecule has 5 nitrogen and oxygen atoms in total. The molecular weight excluding hydrogens is 350 g/mol. The maximum Gasteiger partial charge on any atom is 0.319 e. The van der Waals surface area contributed by atoms with E-state index in [2.05, 4.69) is 16.0 Å². The Hall–Kier alpha value is -2.79. The molecule has 3 N–H and O–H groups in total. The smallest absolute Gasteiger partial charge is 0.319 e. The molecule has 0 aliphatic heterocycles. The minimum atomic E-state index is -0.243. The monoisotopic (exact) mass is 371 g/mol. The van der Waals surface area contributed by atoms with E-state index in [0.29, 0.717) is 17.3 Å². The highest BCUT2D eigenvalue weighted by molar-refractivity contribution is 6.30. The Labute approximate surface area is 158 Å². The van der Waals surface area contributed by atoms with Gasteiger partial charge in [-0.1, -0.05) is 35.9 Å². The number of hydrogen-bond donors (Lipinski definition) is 3. The van der Waals surface area contributed by atoms with Crippen LogP contribution in [0.15, 0.2) is 54.6 Å². The predicted octanol–water partition coefficient (Wildman–Crippen LogP) is 4.20. The van der Waals surface area contributed by atoms with Gasteiger partial charge in [0, 0.05) is 29.4 Å². The van der Waals surface area contributed by atoms with E-state index in [1.807, 2.05) is 38.1 Å². The fourth-order valence-electron chi connectivity index (χ4n) is 2.17. The van der Waals surface area contributed by atoms with Gasteiger partial charge in [-0.15, -0.1) is 0 Å². The Balaban J connectivity index is 1.81. The summed E-state index contributed by atoms with van der Waals surface area (Å²) >= 11 is 5.91. The van der Waals surface area contributed by atoms with Crippen molar-refractivity contribution < 1.29 is 9.59 Å². The fourth-order valence-corrected chi connectivity index (χ4v) is 2.36. The quantitative estimate of drug-likeness (QED) is 0.666. The fraction of sp³-hybridized carbons (Fsp3) is 0.200. The standard InChI is InChI=1S/C20H22ClN3O2/c1-14(2)23-20(26)24-18-9-6-16(7-10-18)13-22-19(25)11-8-15-4-3-5-17(21)12-15/h3-12,14H,13H2,1-2H3,(H,22,25)(H2,23,24,26)/b11-8+. The molecule has 2 aromatic carbocycles. The van der Waals surface area contributed by atoms with E-state index < -0.39 is 0 Å². The van der Waals surface area contributed by atoms with Crippen LogP contribution in [0.25, 0.3) is 6.08 Å². The SMILES string of the molecule is CC(C)NC(=O)Nc1ccc(CNC(=O)/C=C/c2cccc(Cl)c2)cc1. The molecule has 0 saturated carbocycles. The molecule has 0 atom stereocenters. The second-order valence-corrected chi connectivity index (χ2v) is 6.49. The van der Waals surface area contributed by atoms with Crippen LogP contribution in [-0.2, 0) is 11.3 Å². The lowest BCUT2D eigenvalue weighted by molar-refractivity contribution is -0.116. The average molecular weight is 372 g/mol. The molecular formula is C20H22ClN3O2. The first kappa shape index (κ1) is 19.5. The zero-order chi connectivity index (χ0) is 18.9. The van der Waals surface area contributed by atoms with Gasteiger partial charge in [-0.05, 0) is 55.3 Å². The number of anilines is 1. The van der Waals surface area contributed by atoms with Crippen LogP contribution in [0.4, 0.5) is 10.5 Å². The van der Waals surface area contributed by atoms with Gasteiger partial charge in [0.15, 0.2) is 0 Å². The van der Waals surface area contributed by atoms with Crippen molar-refractivity contribution in [3.05, 3.63) is 70.8 Å². The molecule has 6 heteroatoms. The van der Waals surface area contributed by atoms with Crippen molar-refractivity contribution in [1.29, 1.82) is 0 Å². The Bertz CT molecular complexity index is 786. The van der Waals surface area contributed by atoms with Crippen LogP contribution < -0.4 is 16.0 Å². The zero-order valence-corrected chi connectivity index (χ0v) is 15.5. The summed E-state index contributed by atoms with van der Waals surface area (Å²) in [7, 11) is 0. The van der Waals surface area contributed by atoms with Gasteiger partial charge in [0.1, 0.15) is 0 Å². The van der Waals surface area contributed by atoms with Crippen molar-refractivity contribution in [2.24, 2.45) is 0 Å². The number of halogens is 1. The third-order valence-electron chi connectivity index (χ3n) is 3.37. The molecule has 3 amide bonds. The van der Waals surface area contributed by atoms with E-state index in [9.17, 15) is 9.59 Å². The van der Waals surface area contributed by atoms with Gasteiger partial charge in [-0.3, -0.25) is 4.79 Å². The predicted molar refractivity (Wildman–Crippen MR) is 106 cm³/mol. The Kier molecular flexibility index (Phi) is 7.24. The van der Waals surface area contributed by atoms with Gasteiger partial charge in [0.25, 0.3) is 0 Å². The van der Waals surface area contributed by atoms with Gasteiger partial charge >= 0.3 is 6.03 Å². The van der Waals surface area contributed by atoms with Crippen LogP contribution in [0.3, 0.4) is 0 Å². The maximum atomic E-state index is 11.9. The Morgan fingerprint density at radius 3 is 2.50 bits per heavy atom. The lowest BCUT2D eigenvalue weighted by Gasteiger charge is -2.10. The number of carbonyl (C=O) groups is 2. The van der Waals surface area contributed by atoms with Gasteiger partial charge in [-0.25, -0.2) is 4.79 Å². The largest absolute Gasteiger partial charge is 0.348 e. The zero-order valence-electron chi connectivity index (χ0n) is 14.8. The normalized spacial score (nSPS) is 10.8. The van der Waals surface area contributed by atoms with Crippen LogP contribution in [0.2, 0.25) is 5.02 Å². The summed E-state index contributed by atoms with van der Waals surface area (Å²) in [5.74, 6) is -0.191. The van der Waals surface area contributed by atoms with Crippen LogP contribution in [0.1, 0.15) is 25.0 Å². The number of amides is 3. The van der Waals surface area contributed by atoms with E-state index in [1.54, 1.807) is 30.3 Å². The van der Waals surface area contributed by atoms with Gasteiger partial charge < -0.3 is 16.0 Å². The number of carbonyl (C=O) groups excluding carboxylic acids is 2. The summed E-state index contributed by atoms with van der Waals surface area (Å²) in [4.78, 5) is 23.5. The summed E-state index contributed by atoms with van der Waals surface area (Å²) in [6.07, 6.45) is 3.18. The number of hydrogen-bond acceptors (Lipinski definition) is 2. The molecule has 0 aromatic heterocycles. The highest BCUT2D eigenvalue weighted by Crippen LogP contribution is 2.12. The number of benzene rings is 2. The van der Waals surface area contributed by atoms with Crippen LogP contribution in [0, 0.1) is 0 Å². The summed E-state index contributed by atoms with van der Waals surface area (Å²) in [5, 5.41) is 8.94. The molecule has 0 fully saturated rings. The molecule has 2 aromatic rings. The molecule has 0 heterocycles. The van der Waals surface area contributed by atoms with Gasteiger partial charge in [0.2, 0.25) is 5.91 Å². The molecule has 0 aliphatic carbocycles. The molecule has 0 radical (unpaired) electrons. The molecule has 136 valence electrons. The van der Waals surface area contributed by atoms with Crippen molar-refractivity contribution in [3.8, 4) is 0 Å². The number of nitrogens with one attached hydrogen (secondary N) is 3. The van der Waals surface area contributed by atoms with E-state index in [1.165, 1.54) is 6.08 Å². The van der Waals surface area contributed by atoms with Crippen molar-refractivity contribution in [2.75, 3.05) is 5.32 Å². The third-order valence-corrected chi connectivity index (χ3v) is 3.61. The molecule has 0 aliphatic rings. The summed E-state index contributed by atoms with van der Waals surface area (Å²) in [6.45, 7) is 4.19. The van der Waals surface area contributed by atoms with E-state index in [4.69, 9.17) is 11.6 Å². The number of urea groups is 1. The summed E-state index contributed by atoms with van der Waals surface area (Å²) < 4.78 is 0. The molecule has 0 unspecified atom stereocenters. The molecule has 26 heavy (non-hydrogen) atoms. The van der Waals surface area contributed by atoms with Crippen LogP contribution >= 0.6 is 11.6 Å². The number of rotatable bonds is 6. The van der Waals surface area contributed by atoms with Crippen molar-refractivity contribution in [2.45, 2.75) is 26.4 Å². The highest BCUT2D eigenvalue weighted by Gasteiger charge is 2.03.